The van der Waals surface area contributed by atoms with E-state index in [1.807, 2.05) is 0 Å². The molecule has 2 heterocycles. The fourth-order valence-corrected chi connectivity index (χ4v) is 3.38. The summed E-state index contributed by atoms with van der Waals surface area (Å²) < 4.78 is 0. The first-order valence-electron chi connectivity index (χ1n) is 7.71. The monoisotopic (exact) mass is 305 g/mol. The number of nitrogens with one attached hydrogen (secondary N) is 1. The average Bonchev–Trinajstić information content (AvgIpc) is 3.01. The molecule has 22 heavy (non-hydrogen) atoms. The quantitative estimate of drug-likeness (QED) is 0.746. The summed E-state index contributed by atoms with van der Waals surface area (Å²) in [7, 11) is 0. The molecular formula is C15H19N3O4. The third-order valence-corrected chi connectivity index (χ3v) is 4.62. The number of amides is 4. The van der Waals surface area contributed by atoms with Crippen molar-refractivity contribution in [3.05, 3.63) is 12.2 Å². The van der Waals surface area contributed by atoms with Crippen molar-refractivity contribution in [2.45, 2.75) is 44.6 Å². The predicted octanol–water partition coefficient (Wildman–Crippen LogP) is 0.124. The van der Waals surface area contributed by atoms with Crippen molar-refractivity contribution in [2.24, 2.45) is 5.92 Å². The van der Waals surface area contributed by atoms with Crippen molar-refractivity contribution in [1.29, 1.82) is 0 Å². The van der Waals surface area contributed by atoms with Crippen LogP contribution >= 0.6 is 0 Å². The molecule has 0 aromatic rings. The molecule has 0 radical (unpaired) electrons. The van der Waals surface area contributed by atoms with E-state index < -0.39 is 0 Å². The maximum Gasteiger partial charge on any atom is 0.268 e. The minimum atomic E-state index is -0.341. The van der Waals surface area contributed by atoms with Gasteiger partial charge < -0.3 is 0 Å². The minimum absolute atomic E-state index is 0.0236. The van der Waals surface area contributed by atoms with Crippen LogP contribution in [-0.4, -0.2) is 46.1 Å². The summed E-state index contributed by atoms with van der Waals surface area (Å²) in [4.78, 5) is 47.8. The van der Waals surface area contributed by atoms with Gasteiger partial charge in [-0.3, -0.25) is 24.1 Å². The second-order valence-electron chi connectivity index (χ2n) is 6.04. The number of likely N-dealkylation sites (tertiary alicyclic amines) is 1. The van der Waals surface area contributed by atoms with E-state index in [2.05, 4.69) is 5.43 Å². The summed E-state index contributed by atoms with van der Waals surface area (Å²) in [6, 6.07) is 0.0236. The molecule has 0 aromatic heterocycles. The van der Waals surface area contributed by atoms with Crippen molar-refractivity contribution >= 4 is 23.6 Å². The average molecular weight is 305 g/mol. The van der Waals surface area contributed by atoms with Crippen molar-refractivity contribution in [1.82, 2.24) is 15.3 Å². The zero-order chi connectivity index (χ0) is 15.7. The van der Waals surface area contributed by atoms with E-state index in [-0.39, 0.29) is 29.7 Å². The van der Waals surface area contributed by atoms with Crippen molar-refractivity contribution in [3.63, 3.8) is 0 Å². The summed E-state index contributed by atoms with van der Waals surface area (Å²) in [5.41, 5.74) is 2.88. The van der Waals surface area contributed by atoms with Gasteiger partial charge in [0.05, 0.1) is 0 Å². The van der Waals surface area contributed by atoms with Crippen LogP contribution in [0.3, 0.4) is 0 Å². The van der Waals surface area contributed by atoms with E-state index in [0.717, 1.165) is 30.7 Å². The second kappa shape index (κ2) is 6.00. The number of hydrogen-bond acceptors (Lipinski definition) is 5. The van der Waals surface area contributed by atoms with Gasteiger partial charge in [0.25, 0.3) is 11.8 Å². The molecule has 1 saturated heterocycles. The Bertz CT molecular complexity index is 515. The number of carbonyl (C=O) groups excluding carboxylic acids is 4. The first-order valence-corrected chi connectivity index (χ1v) is 7.71. The van der Waals surface area contributed by atoms with Gasteiger partial charge in [0.15, 0.2) is 0 Å². The van der Waals surface area contributed by atoms with Gasteiger partial charge >= 0.3 is 0 Å². The molecule has 118 valence electrons. The molecule has 7 nitrogen and oxygen atoms in total. The first-order chi connectivity index (χ1) is 10.6. The highest BCUT2D eigenvalue weighted by atomic mass is 16.2. The third-order valence-electron chi connectivity index (χ3n) is 4.62. The van der Waals surface area contributed by atoms with Crippen LogP contribution in [0.5, 0.6) is 0 Å². The van der Waals surface area contributed by atoms with Crippen molar-refractivity contribution in [2.75, 3.05) is 6.54 Å². The molecule has 3 aliphatic rings. The Morgan fingerprint density at radius 1 is 0.909 bits per heavy atom. The SMILES string of the molecule is O=C1C=CC(=O)N1NCC1CCC(N2C(=O)CCC2=O)CC1. The lowest BCUT2D eigenvalue weighted by atomic mass is 9.85. The van der Waals surface area contributed by atoms with Gasteiger partial charge in [-0.05, 0) is 31.6 Å². The molecular weight excluding hydrogens is 286 g/mol. The molecule has 1 N–H and O–H groups in total. The molecule has 2 fully saturated rings. The summed E-state index contributed by atoms with van der Waals surface area (Å²) in [6.07, 6.45) is 6.51. The predicted molar refractivity (Wildman–Crippen MR) is 75.8 cm³/mol. The van der Waals surface area contributed by atoms with Crippen molar-refractivity contribution in [3.8, 4) is 0 Å². The van der Waals surface area contributed by atoms with E-state index in [1.165, 1.54) is 17.1 Å². The molecule has 0 aromatic carbocycles. The fraction of sp³-hybridized carbons (Fsp3) is 0.600. The zero-order valence-corrected chi connectivity index (χ0v) is 12.3. The Morgan fingerprint density at radius 3 is 2.00 bits per heavy atom. The lowest BCUT2D eigenvalue weighted by molar-refractivity contribution is -0.143. The van der Waals surface area contributed by atoms with E-state index in [1.54, 1.807) is 0 Å². The van der Waals surface area contributed by atoms with Crippen LogP contribution in [0.1, 0.15) is 38.5 Å². The number of nitrogens with zero attached hydrogens (tertiary/aromatic N) is 2. The molecule has 0 bridgehead atoms. The standard InChI is InChI=1S/C15H19N3O4/c19-12-5-6-13(20)17(12)11-3-1-10(2-4-11)9-16-18-14(21)7-8-15(18)22/h7-8,10-11,16H,1-6,9H2. The van der Waals surface area contributed by atoms with Crippen LogP contribution < -0.4 is 5.43 Å². The normalized spacial score (nSPS) is 29.1. The highest BCUT2D eigenvalue weighted by Crippen LogP contribution is 2.30. The Kier molecular flexibility index (Phi) is 4.06. The third kappa shape index (κ3) is 2.81. The molecule has 1 saturated carbocycles. The van der Waals surface area contributed by atoms with Gasteiger partial charge in [-0.25, -0.2) is 10.4 Å². The Balaban J connectivity index is 1.46. The second-order valence-corrected chi connectivity index (χ2v) is 6.04. The number of rotatable bonds is 4. The number of hydrazine groups is 1. The molecule has 0 atom stereocenters. The van der Waals surface area contributed by atoms with Gasteiger partial charge in [-0.2, -0.15) is 0 Å². The molecule has 0 spiro atoms. The largest absolute Gasteiger partial charge is 0.280 e. The van der Waals surface area contributed by atoms with Crippen molar-refractivity contribution < 1.29 is 19.2 Å². The maximum absolute atomic E-state index is 11.7. The lowest BCUT2D eigenvalue weighted by Gasteiger charge is -2.34. The minimum Gasteiger partial charge on any atom is -0.280 e. The number of carbonyl (C=O) groups is 4. The maximum atomic E-state index is 11.7. The number of imide groups is 2. The number of hydrogen-bond donors (Lipinski definition) is 1. The van der Waals surface area contributed by atoms with Gasteiger partial charge in [0, 0.05) is 37.6 Å². The van der Waals surface area contributed by atoms with E-state index in [9.17, 15) is 19.2 Å². The molecule has 3 rings (SSSR count). The van der Waals surface area contributed by atoms with Crippen LogP contribution in [-0.2, 0) is 19.2 Å². The summed E-state index contributed by atoms with van der Waals surface area (Å²) in [5.74, 6) is -0.444. The lowest BCUT2D eigenvalue weighted by Crippen LogP contribution is -2.46. The van der Waals surface area contributed by atoms with Crippen LogP contribution in [0.4, 0.5) is 0 Å². The highest BCUT2D eigenvalue weighted by Gasteiger charge is 2.37. The van der Waals surface area contributed by atoms with Crippen LogP contribution in [0.15, 0.2) is 12.2 Å². The van der Waals surface area contributed by atoms with Gasteiger partial charge in [-0.1, -0.05) is 0 Å². The molecule has 0 unspecified atom stereocenters. The van der Waals surface area contributed by atoms with Crippen LogP contribution in [0.2, 0.25) is 0 Å². The van der Waals surface area contributed by atoms with E-state index in [4.69, 9.17) is 0 Å². The molecule has 2 aliphatic heterocycles. The fourth-order valence-electron chi connectivity index (χ4n) is 3.38. The van der Waals surface area contributed by atoms with Gasteiger partial charge in [0.2, 0.25) is 11.8 Å². The topological polar surface area (TPSA) is 86.8 Å². The molecule has 4 amide bonds. The Labute approximate surface area is 128 Å². The zero-order valence-electron chi connectivity index (χ0n) is 12.3. The molecule has 1 aliphatic carbocycles. The van der Waals surface area contributed by atoms with Gasteiger partial charge in [0.1, 0.15) is 0 Å². The smallest absolute Gasteiger partial charge is 0.268 e. The van der Waals surface area contributed by atoms with Crippen LogP contribution in [0.25, 0.3) is 0 Å². The summed E-state index contributed by atoms with van der Waals surface area (Å²) in [5, 5.41) is 1.03. The van der Waals surface area contributed by atoms with Gasteiger partial charge in [-0.15, -0.1) is 0 Å². The van der Waals surface area contributed by atoms with E-state index in [0.29, 0.717) is 25.3 Å². The van der Waals surface area contributed by atoms with Crippen LogP contribution in [0, 0.1) is 5.92 Å². The highest BCUT2D eigenvalue weighted by molar-refractivity contribution is 6.12. The Morgan fingerprint density at radius 2 is 1.45 bits per heavy atom. The summed E-state index contributed by atoms with van der Waals surface area (Å²) >= 11 is 0. The Hall–Kier alpha value is -2.02. The summed E-state index contributed by atoms with van der Waals surface area (Å²) in [6.45, 7) is 0.549. The van der Waals surface area contributed by atoms with E-state index >= 15 is 0 Å². The first kappa shape index (κ1) is 14.9. The molecule has 7 heteroatoms.